The fourth-order valence-corrected chi connectivity index (χ4v) is 3.56. The summed E-state index contributed by atoms with van der Waals surface area (Å²) in [6.07, 6.45) is 2.53. The van der Waals surface area contributed by atoms with Gasteiger partial charge >= 0.3 is 0 Å². The molecule has 1 aliphatic rings. The van der Waals surface area contributed by atoms with Crippen molar-refractivity contribution >= 4 is 5.91 Å². The minimum absolute atomic E-state index is 0.0248. The molecular weight excluding hydrogens is 316 g/mol. The molecule has 2 rings (SSSR count). The molecule has 5 nitrogen and oxygen atoms in total. The molecule has 25 heavy (non-hydrogen) atoms. The Morgan fingerprint density at radius 1 is 1.28 bits per heavy atom. The molecule has 1 atom stereocenters. The maximum absolute atomic E-state index is 12.9. The van der Waals surface area contributed by atoms with Crippen LogP contribution in [0.1, 0.15) is 69.3 Å². The highest BCUT2D eigenvalue weighted by Crippen LogP contribution is 2.28. The Balaban J connectivity index is 2.14. The van der Waals surface area contributed by atoms with Crippen molar-refractivity contribution in [3.05, 3.63) is 23.2 Å². The van der Waals surface area contributed by atoms with Crippen molar-refractivity contribution in [3.63, 3.8) is 0 Å². The number of hydrogen-bond donors (Lipinski definition) is 0. The Labute approximate surface area is 152 Å². The molecule has 1 aromatic heterocycles. The van der Waals surface area contributed by atoms with E-state index in [1.54, 1.807) is 0 Å². The van der Waals surface area contributed by atoms with E-state index >= 15 is 0 Å². The van der Waals surface area contributed by atoms with Crippen LogP contribution in [0.15, 0.2) is 10.5 Å². The molecule has 0 spiro atoms. The number of carbonyl (C=O) groups excluding carboxylic acids is 1. The third-order valence-electron chi connectivity index (χ3n) is 5.26. The lowest BCUT2D eigenvalue weighted by Gasteiger charge is -2.39. The molecule has 5 heteroatoms. The first-order chi connectivity index (χ1) is 11.8. The normalized spacial score (nSPS) is 20.0. The van der Waals surface area contributed by atoms with Gasteiger partial charge in [-0.05, 0) is 45.8 Å². The van der Waals surface area contributed by atoms with Crippen molar-refractivity contribution in [2.75, 3.05) is 26.7 Å². The number of rotatable bonds is 7. The molecule has 1 saturated heterocycles. The first-order valence-corrected chi connectivity index (χ1v) is 9.56. The molecule has 1 amide bonds. The molecular formula is C20H34N2O3. The maximum atomic E-state index is 12.9. The minimum atomic E-state index is -0.177. The van der Waals surface area contributed by atoms with Gasteiger partial charge in [0.1, 0.15) is 5.76 Å². The molecule has 0 aliphatic carbocycles. The molecule has 1 aromatic rings. The van der Waals surface area contributed by atoms with Crippen molar-refractivity contribution in [2.24, 2.45) is 0 Å². The van der Waals surface area contributed by atoms with Crippen LogP contribution in [-0.2, 0) is 17.7 Å². The molecule has 0 saturated carbocycles. The predicted molar refractivity (Wildman–Crippen MR) is 99.9 cm³/mol. The van der Waals surface area contributed by atoms with Crippen molar-refractivity contribution in [2.45, 2.75) is 72.1 Å². The van der Waals surface area contributed by atoms with Crippen LogP contribution in [0.2, 0.25) is 0 Å². The van der Waals surface area contributed by atoms with Gasteiger partial charge in [-0.2, -0.15) is 0 Å². The van der Waals surface area contributed by atoms with Gasteiger partial charge in [-0.1, -0.05) is 20.8 Å². The fourth-order valence-electron chi connectivity index (χ4n) is 3.56. The zero-order chi connectivity index (χ0) is 18.6. The Kier molecular flexibility index (Phi) is 6.69. The molecule has 0 N–H and O–H groups in total. The van der Waals surface area contributed by atoms with Gasteiger partial charge in [0.25, 0.3) is 5.91 Å². The Morgan fingerprint density at radius 2 is 1.96 bits per heavy atom. The van der Waals surface area contributed by atoms with Crippen LogP contribution >= 0.6 is 0 Å². The smallest absolute Gasteiger partial charge is 0.289 e. The zero-order valence-electron chi connectivity index (χ0n) is 16.7. The number of amides is 1. The second kappa shape index (κ2) is 8.37. The molecule has 2 heterocycles. The molecule has 1 aliphatic heterocycles. The largest absolute Gasteiger partial charge is 0.456 e. The highest BCUT2D eigenvalue weighted by Gasteiger charge is 2.34. The number of ether oxygens (including phenoxy) is 1. The lowest BCUT2D eigenvalue weighted by molar-refractivity contribution is -0.0758. The second-order valence-electron chi connectivity index (χ2n) is 7.54. The SMILES string of the molecule is CCc1oc(C(=O)N(C)[C@H]2CCOC(C)(C)C2)cc1CN(CC)CC. The lowest BCUT2D eigenvalue weighted by atomic mass is 9.93. The summed E-state index contributed by atoms with van der Waals surface area (Å²) in [6, 6.07) is 2.14. The van der Waals surface area contributed by atoms with Crippen molar-refractivity contribution in [1.29, 1.82) is 0 Å². The minimum Gasteiger partial charge on any atom is -0.456 e. The van der Waals surface area contributed by atoms with Gasteiger partial charge in [-0.3, -0.25) is 9.69 Å². The van der Waals surface area contributed by atoms with Gasteiger partial charge in [0, 0.05) is 38.2 Å². The van der Waals surface area contributed by atoms with Crippen LogP contribution in [0.5, 0.6) is 0 Å². The van der Waals surface area contributed by atoms with Gasteiger partial charge in [0.2, 0.25) is 0 Å². The van der Waals surface area contributed by atoms with Crippen LogP contribution in [0.4, 0.5) is 0 Å². The predicted octanol–water partition coefficient (Wildman–Crippen LogP) is 3.71. The van der Waals surface area contributed by atoms with E-state index in [1.807, 2.05) is 18.0 Å². The van der Waals surface area contributed by atoms with E-state index in [-0.39, 0.29) is 17.6 Å². The molecule has 142 valence electrons. The van der Waals surface area contributed by atoms with Gasteiger partial charge < -0.3 is 14.1 Å². The summed E-state index contributed by atoms with van der Waals surface area (Å²) in [5.41, 5.74) is 0.957. The van der Waals surface area contributed by atoms with Crippen LogP contribution in [0.3, 0.4) is 0 Å². The van der Waals surface area contributed by atoms with Crippen molar-refractivity contribution in [1.82, 2.24) is 9.80 Å². The monoisotopic (exact) mass is 350 g/mol. The van der Waals surface area contributed by atoms with E-state index in [2.05, 4.69) is 39.5 Å². The van der Waals surface area contributed by atoms with Crippen molar-refractivity contribution < 1.29 is 13.9 Å². The van der Waals surface area contributed by atoms with Gasteiger partial charge in [0.15, 0.2) is 5.76 Å². The van der Waals surface area contributed by atoms with E-state index in [1.165, 1.54) is 0 Å². The number of nitrogens with zero attached hydrogens (tertiary/aromatic N) is 2. The average Bonchev–Trinajstić information content (AvgIpc) is 3.00. The van der Waals surface area contributed by atoms with E-state index in [0.717, 1.165) is 50.2 Å². The first-order valence-electron chi connectivity index (χ1n) is 9.56. The Bertz CT molecular complexity index is 575. The van der Waals surface area contributed by atoms with Gasteiger partial charge in [0.05, 0.1) is 5.60 Å². The van der Waals surface area contributed by atoms with Crippen LogP contribution in [-0.4, -0.2) is 54.1 Å². The molecule has 0 radical (unpaired) electrons. The summed E-state index contributed by atoms with van der Waals surface area (Å²) in [5, 5.41) is 0. The average molecular weight is 351 g/mol. The summed E-state index contributed by atoms with van der Waals surface area (Å²) in [6.45, 7) is 14.1. The van der Waals surface area contributed by atoms with E-state index in [0.29, 0.717) is 12.4 Å². The van der Waals surface area contributed by atoms with Crippen LogP contribution in [0.25, 0.3) is 0 Å². The highest BCUT2D eigenvalue weighted by atomic mass is 16.5. The standard InChI is InChI=1S/C20H34N2O3/c1-7-17-15(14-22(8-2)9-3)12-18(25-17)19(23)21(6)16-10-11-24-20(4,5)13-16/h12,16H,7-11,13-14H2,1-6H3/t16-/m0/s1. The lowest BCUT2D eigenvalue weighted by Crippen LogP contribution is -2.46. The second-order valence-corrected chi connectivity index (χ2v) is 7.54. The summed E-state index contributed by atoms with van der Waals surface area (Å²) in [5.74, 6) is 1.37. The summed E-state index contributed by atoms with van der Waals surface area (Å²) in [4.78, 5) is 17.1. The third kappa shape index (κ3) is 4.85. The third-order valence-corrected chi connectivity index (χ3v) is 5.26. The van der Waals surface area contributed by atoms with Gasteiger partial charge in [-0.25, -0.2) is 0 Å². The summed E-state index contributed by atoms with van der Waals surface area (Å²) >= 11 is 0. The maximum Gasteiger partial charge on any atom is 0.289 e. The van der Waals surface area contributed by atoms with E-state index in [4.69, 9.17) is 9.15 Å². The molecule has 1 fully saturated rings. The molecule has 0 unspecified atom stereocenters. The van der Waals surface area contributed by atoms with Gasteiger partial charge in [-0.15, -0.1) is 0 Å². The number of hydrogen-bond acceptors (Lipinski definition) is 4. The van der Waals surface area contributed by atoms with Crippen LogP contribution in [0, 0.1) is 0 Å². The quantitative estimate of drug-likeness (QED) is 0.752. The van der Waals surface area contributed by atoms with Crippen LogP contribution < -0.4 is 0 Å². The summed E-state index contributed by atoms with van der Waals surface area (Å²) in [7, 11) is 1.88. The highest BCUT2D eigenvalue weighted by molar-refractivity contribution is 5.91. The Hall–Kier alpha value is -1.33. The summed E-state index contributed by atoms with van der Waals surface area (Å²) < 4.78 is 11.7. The van der Waals surface area contributed by atoms with E-state index in [9.17, 15) is 4.79 Å². The molecule has 0 bridgehead atoms. The van der Waals surface area contributed by atoms with E-state index < -0.39 is 0 Å². The molecule has 0 aromatic carbocycles. The number of carbonyl (C=O) groups is 1. The fraction of sp³-hybridized carbons (Fsp3) is 0.750. The first kappa shape index (κ1) is 20.0. The zero-order valence-corrected chi connectivity index (χ0v) is 16.7. The number of furan rings is 1. The Morgan fingerprint density at radius 3 is 2.52 bits per heavy atom. The topological polar surface area (TPSA) is 45.9 Å². The van der Waals surface area contributed by atoms with Crippen molar-refractivity contribution in [3.8, 4) is 0 Å². The number of aryl methyl sites for hydroxylation is 1.